The zero-order valence-electron chi connectivity index (χ0n) is 8.15. The Morgan fingerprint density at radius 3 is 3.00 bits per heavy atom. The summed E-state index contributed by atoms with van der Waals surface area (Å²) in [5, 5.41) is 3.14. The molecule has 2 aromatic heterocycles. The quantitative estimate of drug-likeness (QED) is 0.754. The number of thiophene rings is 1. The van der Waals surface area contributed by atoms with Crippen molar-refractivity contribution in [2.75, 3.05) is 0 Å². The normalized spacial score (nSPS) is 13.0. The molecule has 1 unspecified atom stereocenters. The van der Waals surface area contributed by atoms with Gasteiger partial charge in [-0.05, 0) is 31.4 Å². The van der Waals surface area contributed by atoms with Crippen LogP contribution in [0.4, 0.5) is 0 Å². The molecule has 2 rings (SSSR count). The van der Waals surface area contributed by atoms with E-state index in [1.54, 1.807) is 24.5 Å². The molecule has 0 aromatic carbocycles. The number of nitrogens with zero attached hydrogens (tertiary/aromatic N) is 1. The first-order valence-electron chi connectivity index (χ1n) is 4.52. The van der Waals surface area contributed by atoms with E-state index in [0.717, 1.165) is 11.1 Å². The predicted molar refractivity (Wildman–Crippen MR) is 58.7 cm³/mol. The van der Waals surface area contributed by atoms with E-state index in [2.05, 4.69) is 4.98 Å². The van der Waals surface area contributed by atoms with Crippen molar-refractivity contribution in [2.24, 2.45) is 0 Å². The van der Waals surface area contributed by atoms with Gasteiger partial charge in [-0.25, -0.2) is 0 Å². The Kier molecular flexibility index (Phi) is 2.33. The second kappa shape index (κ2) is 3.50. The van der Waals surface area contributed by atoms with Gasteiger partial charge in [0.25, 0.3) is 0 Å². The topological polar surface area (TPSA) is 30.0 Å². The predicted octanol–water partition coefficient (Wildman–Crippen LogP) is 2.99. The van der Waals surface area contributed by atoms with Crippen LogP contribution in [0, 0.1) is 0 Å². The first-order valence-corrected chi connectivity index (χ1v) is 5.40. The molecule has 2 nitrogen and oxygen atoms in total. The van der Waals surface area contributed by atoms with Crippen molar-refractivity contribution in [2.45, 2.75) is 19.8 Å². The summed E-state index contributed by atoms with van der Waals surface area (Å²) >= 11 is 1.68. The van der Waals surface area contributed by atoms with E-state index in [-0.39, 0.29) is 11.7 Å². The molecule has 0 amide bonds. The van der Waals surface area contributed by atoms with Crippen molar-refractivity contribution in [1.82, 2.24) is 4.98 Å². The second-order valence-electron chi connectivity index (χ2n) is 3.36. The molecule has 0 radical (unpaired) electrons. The van der Waals surface area contributed by atoms with E-state index in [0.29, 0.717) is 0 Å². The molecule has 0 spiro atoms. The number of pyridine rings is 1. The third-order valence-corrected chi connectivity index (χ3v) is 3.31. The molecule has 0 aliphatic carbocycles. The fraction of sp³-hybridized carbons (Fsp3) is 0.273. The van der Waals surface area contributed by atoms with Crippen LogP contribution in [0.5, 0.6) is 0 Å². The Morgan fingerprint density at radius 1 is 1.50 bits per heavy atom. The molecule has 14 heavy (non-hydrogen) atoms. The maximum atomic E-state index is 11.3. The van der Waals surface area contributed by atoms with Crippen molar-refractivity contribution < 1.29 is 4.79 Å². The van der Waals surface area contributed by atoms with E-state index in [4.69, 9.17) is 0 Å². The zero-order chi connectivity index (χ0) is 10.1. The minimum atomic E-state index is -0.103. The molecule has 0 N–H and O–H groups in total. The lowest BCUT2D eigenvalue weighted by Gasteiger charge is -2.07. The van der Waals surface area contributed by atoms with E-state index in [9.17, 15) is 4.79 Å². The fourth-order valence-electron chi connectivity index (χ4n) is 1.45. The van der Waals surface area contributed by atoms with Crippen molar-refractivity contribution in [3.05, 3.63) is 29.4 Å². The minimum absolute atomic E-state index is 0.103. The summed E-state index contributed by atoms with van der Waals surface area (Å²) in [5.41, 5.74) is 0.899. The van der Waals surface area contributed by atoms with E-state index >= 15 is 0 Å². The number of rotatable bonds is 2. The highest BCUT2D eigenvalue weighted by Crippen LogP contribution is 2.27. The summed E-state index contributed by atoms with van der Waals surface area (Å²) in [5.74, 6) is 0.0597. The van der Waals surface area contributed by atoms with Crippen molar-refractivity contribution >= 4 is 27.2 Å². The molecule has 0 aliphatic rings. The number of Topliss-reactive ketones (excluding diaryl/α,β-unsaturated/α-hetero) is 1. The highest BCUT2D eigenvalue weighted by Gasteiger charge is 2.15. The highest BCUT2D eigenvalue weighted by molar-refractivity contribution is 7.17. The third-order valence-electron chi connectivity index (χ3n) is 2.43. The Labute approximate surface area is 86.6 Å². The first kappa shape index (κ1) is 9.34. The molecular formula is C11H11NOS. The van der Waals surface area contributed by atoms with Crippen molar-refractivity contribution in [1.29, 1.82) is 0 Å². The van der Waals surface area contributed by atoms with Crippen molar-refractivity contribution in [3.63, 3.8) is 0 Å². The van der Waals surface area contributed by atoms with Gasteiger partial charge < -0.3 is 0 Å². The average molecular weight is 205 g/mol. The Morgan fingerprint density at radius 2 is 2.29 bits per heavy atom. The summed E-state index contributed by atoms with van der Waals surface area (Å²) < 4.78 is 1.20. The lowest BCUT2D eigenvalue weighted by molar-refractivity contribution is -0.118. The maximum Gasteiger partial charge on any atom is 0.138 e. The lowest BCUT2D eigenvalue weighted by atomic mass is 10.0. The monoisotopic (exact) mass is 205 g/mol. The summed E-state index contributed by atoms with van der Waals surface area (Å²) in [6.07, 6.45) is 1.77. The van der Waals surface area contributed by atoms with Crippen LogP contribution in [0.25, 0.3) is 10.1 Å². The SMILES string of the molecule is CC(=O)C(C)c1nccc2sccc12. The standard InChI is InChI=1S/C11H11NOS/c1-7(8(2)13)11-9-4-6-14-10(9)3-5-12-11/h3-7H,1-2H3. The summed E-state index contributed by atoms with van der Waals surface area (Å²) in [6, 6.07) is 4.01. The van der Waals surface area contributed by atoms with Crippen LogP contribution in [-0.2, 0) is 4.79 Å². The Balaban J connectivity index is 2.61. The van der Waals surface area contributed by atoms with Crippen LogP contribution >= 0.6 is 11.3 Å². The van der Waals surface area contributed by atoms with Gasteiger partial charge in [0, 0.05) is 16.3 Å². The molecule has 0 fully saturated rings. The number of hydrogen-bond donors (Lipinski definition) is 0. The van der Waals surface area contributed by atoms with Gasteiger partial charge in [-0.15, -0.1) is 11.3 Å². The van der Waals surface area contributed by atoms with Gasteiger partial charge in [-0.1, -0.05) is 0 Å². The van der Waals surface area contributed by atoms with Crippen molar-refractivity contribution in [3.8, 4) is 0 Å². The smallest absolute Gasteiger partial charge is 0.138 e. The molecule has 3 heteroatoms. The van der Waals surface area contributed by atoms with E-state index in [1.807, 2.05) is 24.4 Å². The van der Waals surface area contributed by atoms with Gasteiger partial charge in [0.2, 0.25) is 0 Å². The van der Waals surface area contributed by atoms with Crippen LogP contribution in [0.2, 0.25) is 0 Å². The summed E-state index contributed by atoms with van der Waals surface area (Å²) in [7, 11) is 0. The largest absolute Gasteiger partial charge is 0.299 e. The molecule has 0 bridgehead atoms. The number of fused-ring (bicyclic) bond motifs is 1. The number of hydrogen-bond acceptors (Lipinski definition) is 3. The average Bonchev–Trinajstić information content (AvgIpc) is 2.63. The number of ketones is 1. The van der Waals surface area contributed by atoms with Crippen LogP contribution in [0.1, 0.15) is 25.5 Å². The molecule has 0 saturated heterocycles. The van der Waals surface area contributed by atoms with E-state index in [1.165, 1.54) is 4.70 Å². The van der Waals surface area contributed by atoms with Crippen LogP contribution in [-0.4, -0.2) is 10.8 Å². The molecule has 1 atom stereocenters. The Hall–Kier alpha value is -1.22. The third kappa shape index (κ3) is 1.44. The second-order valence-corrected chi connectivity index (χ2v) is 4.31. The van der Waals surface area contributed by atoms with Gasteiger partial charge in [-0.3, -0.25) is 9.78 Å². The number of carbonyl (C=O) groups excluding carboxylic acids is 1. The zero-order valence-corrected chi connectivity index (χ0v) is 8.97. The molecule has 72 valence electrons. The molecule has 2 aromatic rings. The van der Waals surface area contributed by atoms with Crippen LogP contribution in [0.3, 0.4) is 0 Å². The fourth-order valence-corrected chi connectivity index (χ4v) is 2.24. The Bertz CT molecular complexity index is 475. The van der Waals surface area contributed by atoms with Gasteiger partial charge in [0.1, 0.15) is 5.78 Å². The summed E-state index contributed by atoms with van der Waals surface area (Å²) in [6.45, 7) is 3.51. The van der Waals surface area contributed by atoms with E-state index < -0.39 is 0 Å². The van der Waals surface area contributed by atoms with Gasteiger partial charge in [-0.2, -0.15) is 0 Å². The molecule has 0 aliphatic heterocycles. The lowest BCUT2D eigenvalue weighted by Crippen LogP contribution is -2.06. The summed E-state index contributed by atoms with van der Waals surface area (Å²) in [4.78, 5) is 15.6. The minimum Gasteiger partial charge on any atom is -0.299 e. The number of carbonyl (C=O) groups is 1. The van der Waals surface area contributed by atoms with Gasteiger partial charge in [0.05, 0.1) is 11.6 Å². The molecule has 0 saturated carbocycles. The van der Waals surface area contributed by atoms with Gasteiger partial charge in [0.15, 0.2) is 0 Å². The van der Waals surface area contributed by atoms with Crippen LogP contribution < -0.4 is 0 Å². The van der Waals surface area contributed by atoms with Gasteiger partial charge >= 0.3 is 0 Å². The molecular weight excluding hydrogens is 194 g/mol. The number of aromatic nitrogens is 1. The maximum absolute atomic E-state index is 11.3. The molecule has 2 heterocycles. The first-order chi connectivity index (χ1) is 6.70. The highest BCUT2D eigenvalue weighted by atomic mass is 32.1. The van der Waals surface area contributed by atoms with Crippen LogP contribution in [0.15, 0.2) is 23.7 Å².